The largest absolute Gasteiger partial charge is 0.361 e. The Labute approximate surface area is 106 Å². The summed E-state index contributed by atoms with van der Waals surface area (Å²) in [5, 5.41) is 3.84. The molecule has 0 N–H and O–H groups in total. The van der Waals surface area contributed by atoms with Crippen LogP contribution in [0.5, 0.6) is 0 Å². The number of nitrogens with zero attached hydrogens (tertiary/aromatic N) is 3. The minimum absolute atomic E-state index is 0.0648. The van der Waals surface area contributed by atoms with Gasteiger partial charge in [0.25, 0.3) is 0 Å². The second-order valence-corrected chi connectivity index (χ2v) is 4.50. The van der Waals surface area contributed by atoms with Gasteiger partial charge in [0.05, 0.1) is 12.1 Å². The van der Waals surface area contributed by atoms with E-state index in [4.69, 9.17) is 4.52 Å². The smallest absolute Gasteiger partial charge is 0.227 e. The molecule has 1 saturated heterocycles. The molecule has 0 unspecified atom stereocenters. The van der Waals surface area contributed by atoms with Crippen LogP contribution < -0.4 is 0 Å². The van der Waals surface area contributed by atoms with Crippen molar-refractivity contribution >= 4 is 12.3 Å². The van der Waals surface area contributed by atoms with Crippen molar-refractivity contribution < 1.29 is 14.1 Å². The van der Waals surface area contributed by atoms with Gasteiger partial charge >= 0.3 is 0 Å². The average Bonchev–Trinajstić information content (AvgIpc) is 2.70. The van der Waals surface area contributed by atoms with E-state index in [2.05, 4.69) is 5.16 Å². The predicted molar refractivity (Wildman–Crippen MR) is 63.9 cm³/mol. The molecular weight excluding hydrogens is 234 g/mol. The summed E-state index contributed by atoms with van der Waals surface area (Å²) in [6, 6.07) is 0. The van der Waals surface area contributed by atoms with E-state index in [0.717, 1.165) is 17.7 Å². The normalized spacial score (nSPS) is 15.9. The van der Waals surface area contributed by atoms with E-state index < -0.39 is 0 Å². The lowest BCUT2D eigenvalue weighted by Crippen LogP contribution is -2.48. The van der Waals surface area contributed by atoms with E-state index in [0.29, 0.717) is 38.4 Å². The van der Waals surface area contributed by atoms with Gasteiger partial charge in [0, 0.05) is 31.7 Å². The molecule has 0 spiro atoms. The Morgan fingerprint density at radius 2 is 2.00 bits per heavy atom. The van der Waals surface area contributed by atoms with Crippen LogP contribution in [0.3, 0.4) is 0 Å². The lowest BCUT2D eigenvalue weighted by molar-refractivity contribution is -0.134. The topological polar surface area (TPSA) is 66.7 Å². The fourth-order valence-electron chi connectivity index (χ4n) is 2.09. The fraction of sp³-hybridized carbons (Fsp3) is 0.583. The molecule has 6 nitrogen and oxygen atoms in total. The van der Waals surface area contributed by atoms with Gasteiger partial charge in [-0.05, 0) is 13.8 Å². The highest BCUT2D eigenvalue weighted by Gasteiger charge is 2.22. The zero-order valence-electron chi connectivity index (χ0n) is 10.7. The van der Waals surface area contributed by atoms with E-state index in [1.807, 2.05) is 13.8 Å². The number of hydrogen-bond acceptors (Lipinski definition) is 4. The van der Waals surface area contributed by atoms with Crippen molar-refractivity contribution in [2.24, 2.45) is 0 Å². The van der Waals surface area contributed by atoms with Gasteiger partial charge in [0.2, 0.25) is 12.3 Å². The highest BCUT2D eigenvalue weighted by Crippen LogP contribution is 2.14. The molecule has 0 bridgehead atoms. The molecule has 2 amide bonds. The first-order chi connectivity index (χ1) is 8.61. The van der Waals surface area contributed by atoms with E-state index >= 15 is 0 Å². The Kier molecular flexibility index (Phi) is 3.64. The van der Waals surface area contributed by atoms with Crippen molar-refractivity contribution in [3.63, 3.8) is 0 Å². The number of carbonyl (C=O) groups is 2. The van der Waals surface area contributed by atoms with Gasteiger partial charge in [-0.25, -0.2) is 0 Å². The average molecular weight is 251 g/mol. The summed E-state index contributed by atoms with van der Waals surface area (Å²) in [4.78, 5) is 26.2. The third-order valence-corrected chi connectivity index (χ3v) is 3.33. The third-order valence-electron chi connectivity index (χ3n) is 3.33. The van der Waals surface area contributed by atoms with Crippen LogP contribution in [0, 0.1) is 13.8 Å². The van der Waals surface area contributed by atoms with Crippen LogP contribution >= 0.6 is 0 Å². The Bertz CT molecular complexity index is 428. The van der Waals surface area contributed by atoms with Crippen molar-refractivity contribution in [2.75, 3.05) is 26.2 Å². The monoisotopic (exact) mass is 251 g/mol. The molecule has 18 heavy (non-hydrogen) atoms. The minimum atomic E-state index is 0.0648. The zero-order valence-corrected chi connectivity index (χ0v) is 10.7. The number of amides is 2. The standard InChI is InChI=1S/C12H17N3O3/c1-9-11(10(2)18-13-9)7-12(17)15-5-3-14(8-16)4-6-15/h8H,3-7H2,1-2H3. The van der Waals surface area contributed by atoms with Gasteiger partial charge in [0.1, 0.15) is 5.76 Å². The Morgan fingerprint density at radius 3 is 2.50 bits per heavy atom. The summed E-state index contributed by atoms with van der Waals surface area (Å²) in [6.07, 6.45) is 1.15. The first-order valence-corrected chi connectivity index (χ1v) is 6.00. The van der Waals surface area contributed by atoms with Gasteiger partial charge in [-0.2, -0.15) is 0 Å². The molecule has 1 fully saturated rings. The zero-order chi connectivity index (χ0) is 13.1. The Balaban J connectivity index is 1.95. The van der Waals surface area contributed by atoms with Crippen LogP contribution in [0.15, 0.2) is 4.52 Å². The van der Waals surface area contributed by atoms with Crippen LogP contribution in [0.4, 0.5) is 0 Å². The maximum absolute atomic E-state index is 12.1. The molecule has 0 aromatic carbocycles. The summed E-state index contributed by atoms with van der Waals surface area (Å²) in [5.41, 5.74) is 1.64. The molecule has 0 saturated carbocycles. The number of rotatable bonds is 3. The van der Waals surface area contributed by atoms with Crippen LogP contribution in [-0.4, -0.2) is 53.5 Å². The first-order valence-electron chi connectivity index (χ1n) is 6.00. The molecule has 0 aliphatic carbocycles. The van der Waals surface area contributed by atoms with Crippen molar-refractivity contribution in [3.05, 3.63) is 17.0 Å². The fourth-order valence-corrected chi connectivity index (χ4v) is 2.09. The number of carbonyl (C=O) groups excluding carboxylic acids is 2. The highest BCUT2D eigenvalue weighted by atomic mass is 16.5. The van der Waals surface area contributed by atoms with Crippen LogP contribution in [0.25, 0.3) is 0 Å². The predicted octanol–water partition coefficient (Wildman–Crippen LogP) is 0.135. The van der Waals surface area contributed by atoms with Gasteiger partial charge < -0.3 is 14.3 Å². The molecule has 6 heteroatoms. The summed E-state index contributed by atoms with van der Waals surface area (Å²) in [5.74, 6) is 0.766. The molecule has 2 rings (SSSR count). The third kappa shape index (κ3) is 2.52. The SMILES string of the molecule is Cc1noc(C)c1CC(=O)N1CCN(C=O)CC1. The highest BCUT2D eigenvalue weighted by molar-refractivity contribution is 5.79. The quantitative estimate of drug-likeness (QED) is 0.716. The van der Waals surface area contributed by atoms with Gasteiger partial charge in [-0.15, -0.1) is 0 Å². The van der Waals surface area contributed by atoms with Gasteiger partial charge in [-0.1, -0.05) is 5.16 Å². The number of aromatic nitrogens is 1. The molecule has 1 aliphatic rings. The number of piperazine rings is 1. The Hall–Kier alpha value is -1.85. The summed E-state index contributed by atoms with van der Waals surface area (Å²) < 4.78 is 5.04. The number of hydrogen-bond donors (Lipinski definition) is 0. The summed E-state index contributed by atoms with van der Waals surface area (Å²) in [7, 11) is 0. The molecule has 0 atom stereocenters. The molecular formula is C12H17N3O3. The maximum Gasteiger partial charge on any atom is 0.227 e. The van der Waals surface area contributed by atoms with E-state index in [1.54, 1.807) is 9.80 Å². The lowest BCUT2D eigenvalue weighted by Gasteiger charge is -2.32. The van der Waals surface area contributed by atoms with Crippen LogP contribution in [0.1, 0.15) is 17.0 Å². The van der Waals surface area contributed by atoms with Gasteiger partial charge in [-0.3, -0.25) is 9.59 Å². The van der Waals surface area contributed by atoms with Crippen LogP contribution in [-0.2, 0) is 16.0 Å². The molecule has 1 aromatic rings. The summed E-state index contributed by atoms with van der Waals surface area (Å²) >= 11 is 0. The number of aryl methyl sites for hydroxylation is 2. The molecule has 0 radical (unpaired) electrons. The van der Waals surface area contributed by atoms with E-state index in [-0.39, 0.29) is 5.91 Å². The minimum Gasteiger partial charge on any atom is -0.361 e. The molecule has 2 heterocycles. The molecule has 98 valence electrons. The lowest BCUT2D eigenvalue weighted by atomic mass is 10.1. The second kappa shape index (κ2) is 5.20. The maximum atomic E-state index is 12.1. The molecule has 1 aliphatic heterocycles. The van der Waals surface area contributed by atoms with Crippen LogP contribution in [0.2, 0.25) is 0 Å². The first kappa shape index (κ1) is 12.6. The second-order valence-electron chi connectivity index (χ2n) is 4.50. The van der Waals surface area contributed by atoms with Crippen molar-refractivity contribution in [1.82, 2.24) is 15.0 Å². The van der Waals surface area contributed by atoms with Crippen molar-refractivity contribution in [2.45, 2.75) is 20.3 Å². The van der Waals surface area contributed by atoms with E-state index in [9.17, 15) is 9.59 Å². The van der Waals surface area contributed by atoms with Gasteiger partial charge in [0.15, 0.2) is 0 Å². The Morgan fingerprint density at radius 1 is 1.33 bits per heavy atom. The molecule has 1 aromatic heterocycles. The van der Waals surface area contributed by atoms with E-state index in [1.165, 1.54) is 0 Å². The van der Waals surface area contributed by atoms with Crippen molar-refractivity contribution in [3.8, 4) is 0 Å². The summed E-state index contributed by atoms with van der Waals surface area (Å²) in [6.45, 7) is 6.06. The van der Waals surface area contributed by atoms with Crippen molar-refractivity contribution in [1.29, 1.82) is 0 Å².